The number of hydrogen-bond donors (Lipinski definition) is 2. The summed E-state index contributed by atoms with van der Waals surface area (Å²) in [5.74, 6) is 0.881. The highest BCUT2D eigenvalue weighted by atomic mass is 16.1. The lowest BCUT2D eigenvalue weighted by molar-refractivity contribution is -0.120. The second-order valence-electron chi connectivity index (χ2n) is 5.80. The molecule has 1 aliphatic rings. The standard InChI is InChI=1S/C17H22N6O/c24-17(20-11-14-5-1-2-8-19-14)13-18-12-15-6-4-10-23(15)16-7-3-9-21-22-16/h1-3,5,7-9,15,18H,4,6,10-13H2,(H,20,24). The molecule has 1 saturated heterocycles. The van der Waals surface area contributed by atoms with Gasteiger partial charge in [0.25, 0.3) is 0 Å². The monoisotopic (exact) mass is 326 g/mol. The molecular weight excluding hydrogens is 304 g/mol. The highest BCUT2D eigenvalue weighted by molar-refractivity contribution is 5.77. The average Bonchev–Trinajstić information content (AvgIpc) is 3.10. The first-order chi connectivity index (χ1) is 11.8. The number of aromatic nitrogens is 3. The van der Waals surface area contributed by atoms with E-state index in [2.05, 4.69) is 30.7 Å². The predicted octanol–water partition coefficient (Wildman–Crippen LogP) is 0.746. The van der Waals surface area contributed by atoms with Crippen molar-refractivity contribution >= 4 is 11.7 Å². The highest BCUT2D eigenvalue weighted by Gasteiger charge is 2.25. The molecule has 1 aliphatic heterocycles. The van der Waals surface area contributed by atoms with Crippen LogP contribution in [0.15, 0.2) is 42.7 Å². The van der Waals surface area contributed by atoms with Crippen LogP contribution in [0.3, 0.4) is 0 Å². The van der Waals surface area contributed by atoms with Gasteiger partial charge in [0.1, 0.15) is 0 Å². The largest absolute Gasteiger partial charge is 0.351 e. The molecule has 0 spiro atoms. The van der Waals surface area contributed by atoms with E-state index < -0.39 is 0 Å². The van der Waals surface area contributed by atoms with Crippen molar-refractivity contribution in [3.05, 3.63) is 48.4 Å². The van der Waals surface area contributed by atoms with Crippen LogP contribution in [0.4, 0.5) is 5.82 Å². The third kappa shape index (κ3) is 4.48. The molecule has 3 heterocycles. The Labute approximate surface area is 141 Å². The van der Waals surface area contributed by atoms with E-state index in [0.717, 1.165) is 37.4 Å². The van der Waals surface area contributed by atoms with Crippen LogP contribution >= 0.6 is 0 Å². The molecule has 2 aromatic rings. The van der Waals surface area contributed by atoms with Gasteiger partial charge in [-0.2, -0.15) is 5.10 Å². The molecule has 3 rings (SSSR count). The molecule has 7 heteroatoms. The summed E-state index contributed by atoms with van der Waals surface area (Å²) >= 11 is 0. The summed E-state index contributed by atoms with van der Waals surface area (Å²) in [7, 11) is 0. The molecule has 0 radical (unpaired) electrons. The van der Waals surface area contributed by atoms with Crippen LogP contribution in [0.5, 0.6) is 0 Å². The van der Waals surface area contributed by atoms with Crippen molar-refractivity contribution in [1.29, 1.82) is 0 Å². The van der Waals surface area contributed by atoms with E-state index in [1.165, 1.54) is 0 Å². The third-order valence-electron chi connectivity index (χ3n) is 4.09. The van der Waals surface area contributed by atoms with Gasteiger partial charge in [-0.1, -0.05) is 6.07 Å². The molecule has 1 unspecified atom stereocenters. The summed E-state index contributed by atoms with van der Waals surface area (Å²) < 4.78 is 0. The average molecular weight is 326 g/mol. The van der Waals surface area contributed by atoms with E-state index in [-0.39, 0.29) is 5.91 Å². The fourth-order valence-electron chi connectivity index (χ4n) is 2.90. The van der Waals surface area contributed by atoms with E-state index in [1.807, 2.05) is 30.3 Å². The Morgan fingerprint density at radius 1 is 1.25 bits per heavy atom. The smallest absolute Gasteiger partial charge is 0.234 e. The number of hydrogen-bond acceptors (Lipinski definition) is 6. The molecule has 7 nitrogen and oxygen atoms in total. The number of carbonyl (C=O) groups excluding carboxylic acids is 1. The first-order valence-electron chi connectivity index (χ1n) is 8.24. The number of anilines is 1. The van der Waals surface area contributed by atoms with E-state index in [4.69, 9.17) is 0 Å². The molecule has 1 fully saturated rings. The maximum Gasteiger partial charge on any atom is 0.234 e. The SMILES string of the molecule is O=C(CNCC1CCCN1c1cccnn1)NCc1ccccn1. The van der Waals surface area contributed by atoms with Crippen molar-refractivity contribution in [3.8, 4) is 0 Å². The second kappa shape index (κ2) is 8.35. The zero-order chi connectivity index (χ0) is 16.6. The lowest BCUT2D eigenvalue weighted by Gasteiger charge is -2.25. The van der Waals surface area contributed by atoms with Crippen LogP contribution < -0.4 is 15.5 Å². The van der Waals surface area contributed by atoms with Gasteiger partial charge in [0, 0.05) is 31.5 Å². The van der Waals surface area contributed by atoms with Crippen molar-refractivity contribution in [1.82, 2.24) is 25.8 Å². The van der Waals surface area contributed by atoms with Crippen LogP contribution in [-0.4, -0.2) is 46.8 Å². The Morgan fingerprint density at radius 3 is 3.00 bits per heavy atom. The maximum atomic E-state index is 11.9. The van der Waals surface area contributed by atoms with E-state index in [0.29, 0.717) is 19.1 Å². The van der Waals surface area contributed by atoms with Gasteiger partial charge in [-0.05, 0) is 37.1 Å². The quantitative estimate of drug-likeness (QED) is 0.781. The summed E-state index contributed by atoms with van der Waals surface area (Å²) in [5, 5.41) is 14.2. The van der Waals surface area contributed by atoms with Gasteiger partial charge in [0.05, 0.1) is 18.8 Å². The summed E-state index contributed by atoms with van der Waals surface area (Å²) in [6.07, 6.45) is 5.63. The molecule has 0 aliphatic carbocycles. The lowest BCUT2D eigenvalue weighted by atomic mass is 10.2. The minimum absolute atomic E-state index is 0.0234. The molecule has 1 amide bonds. The minimum atomic E-state index is -0.0234. The number of amides is 1. The summed E-state index contributed by atoms with van der Waals surface area (Å²) in [6, 6.07) is 9.89. The molecule has 126 valence electrons. The van der Waals surface area contributed by atoms with E-state index in [9.17, 15) is 4.79 Å². The summed E-state index contributed by atoms with van der Waals surface area (Å²) in [4.78, 5) is 18.3. The van der Waals surface area contributed by atoms with Gasteiger partial charge in [0.2, 0.25) is 5.91 Å². The van der Waals surface area contributed by atoms with Gasteiger partial charge in [-0.15, -0.1) is 5.10 Å². The van der Waals surface area contributed by atoms with Crippen LogP contribution in [0.1, 0.15) is 18.5 Å². The van der Waals surface area contributed by atoms with Crippen LogP contribution in [0.2, 0.25) is 0 Å². The number of nitrogens with one attached hydrogen (secondary N) is 2. The molecule has 1 atom stereocenters. The zero-order valence-corrected chi connectivity index (χ0v) is 13.6. The molecule has 0 bridgehead atoms. The molecule has 0 saturated carbocycles. The molecule has 24 heavy (non-hydrogen) atoms. The van der Waals surface area contributed by atoms with E-state index >= 15 is 0 Å². The first kappa shape index (κ1) is 16.3. The molecule has 2 N–H and O–H groups in total. The van der Waals surface area contributed by atoms with Crippen molar-refractivity contribution in [2.24, 2.45) is 0 Å². The van der Waals surface area contributed by atoms with Gasteiger partial charge in [-0.3, -0.25) is 9.78 Å². The Morgan fingerprint density at radius 2 is 2.21 bits per heavy atom. The number of pyridine rings is 1. The lowest BCUT2D eigenvalue weighted by Crippen LogP contribution is -2.42. The van der Waals surface area contributed by atoms with Crippen molar-refractivity contribution in [2.75, 3.05) is 24.5 Å². The van der Waals surface area contributed by atoms with Gasteiger partial charge < -0.3 is 15.5 Å². The Hall–Kier alpha value is -2.54. The predicted molar refractivity (Wildman–Crippen MR) is 91.4 cm³/mol. The Kier molecular flexibility index (Phi) is 5.68. The zero-order valence-electron chi connectivity index (χ0n) is 13.6. The van der Waals surface area contributed by atoms with Crippen molar-refractivity contribution < 1.29 is 4.79 Å². The fraction of sp³-hybridized carbons (Fsp3) is 0.412. The van der Waals surface area contributed by atoms with Gasteiger partial charge in [-0.25, -0.2) is 0 Å². The topological polar surface area (TPSA) is 83.0 Å². The van der Waals surface area contributed by atoms with Crippen molar-refractivity contribution in [2.45, 2.75) is 25.4 Å². The molecule has 0 aromatic carbocycles. The van der Waals surface area contributed by atoms with Crippen molar-refractivity contribution in [3.63, 3.8) is 0 Å². The second-order valence-corrected chi connectivity index (χ2v) is 5.80. The van der Waals surface area contributed by atoms with Gasteiger partial charge >= 0.3 is 0 Å². The number of carbonyl (C=O) groups is 1. The molecular formula is C17H22N6O. The first-order valence-corrected chi connectivity index (χ1v) is 8.24. The van der Waals surface area contributed by atoms with Crippen LogP contribution in [-0.2, 0) is 11.3 Å². The number of nitrogens with zero attached hydrogens (tertiary/aromatic N) is 4. The number of rotatable bonds is 7. The Balaban J connectivity index is 1.40. The van der Waals surface area contributed by atoms with Crippen LogP contribution in [0, 0.1) is 0 Å². The fourth-order valence-corrected chi connectivity index (χ4v) is 2.90. The normalized spacial score (nSPS) is 17.0. The van der Waals surface area contributed by atoms with Gasteiger partial charge in [0.15, 0.2) is 5.82 Å². The minimum Gasteiger partial charge on any atom is -0.351 e. The third-order valence-corrected chi connectivity index (χ3v) is 4.09. The maximum absolute atomic E-state index is 11.9. The highest BCUT2D eigenvalue weighted by Crippen LogP contribution is 2.22. The Bertz CT molecular complexity index is 636. The van der Waals surface area contributed by atoms with E-state index in [1.54, 1.807) is 12.4 Å². The molecule has 2 aromatic heterocycles. The summed E-state index contributed by atoms with van der Waals surface area (Å²) in [6.45, 7) is 2.50. The summed E-state index contributed by atoms with van der Waals surface area (Å²) in [5.41, 5.74) is 0.857. The van der Waals surface area contributed by atoms with Crippen LogP contribution in [0.25, 0.3) is 0 Å².